The van der Waals surface area contributed by atoms with Gasteiger partial charge in [0.05, 0.1) is 10.8 Å². The van der Waals surface area contributed by atoms with Crippen molar-refractivity contribution < 1.29 is 9.90 Å². The zero-order valence-corrected chi connectivity index (χ0v) is 13.6. The Morgan fingerprint density at radius 1 is 1.09 bits per heavy atom. The number of thioether (sulfide) groups is 1. The second-order valence-electron chi connectivity index (χ2n) is 5.34. The van der Waals surface area contributed by atoms with E-state index in [0.29, 0.717) is 5.75 Å². The number of phenols is 1. The molecule has 1 aromatic heterocycles. The van der Waals surface area contributed by atoms with E-state index in [1.165, 1.54) is 11.8 Å². The zero-order valence-electron chi connectivity index (χ0n) is 12.8. The van der Waals surface area contributed by atoms with Crippen molar-refractivity contribution in [3.8, 4) is 5.75 Å². The first-order valence-electron chi connectivity index (χ1n) is 7.58. The molecule has 2 heterocycles. The highest BCUT2D eigenvalue weighted by Crippen LogP contribution is 2.20. The van der Waals surface area contributed by atoms with Crippen LogP contribution in [0.2, 0.25) is 0 Å². The van der Waals surface area contributed by atoms with Crippen molar-refractivity contribution in [1.82, 2.24) is 9.88 Å². The van der Waals surface area contributed by atoms with Crippen molar-refractivity contribution in [1.29, 1.82) is 0 Å². The van der Waals surface area contributed by atoms with E-state index in [9.17, 15) is 9.90 Å². The molecule has 0 aliphatic carbocycles. The quantitative estimate of drug-likeness (QED) is 0.872. The number of benzene rings is 1. The number of nitrogens with zero attached hydrogens (tertiary/aromatic N) is 3. The zero-order chi connectivity index (χ0) is 16.1. The Hall–Kier alpha value is -2.21. The molecule has 1 aliphatic rings. The molecule has 1 N–H and O–H groups in total. The van der Waals surface area contributed by atoms with Gasteiger partial charge in [-0.15, -0.1) is 0 Å². The number of hydrogen-bond acceptors (Lipinski definition) is 5. The van der Waals surface area contributed by atoms with E-state index >= 15 is 0 Å². The second kappa shape index (κ2) is 7.37. The average molecular weight is 329 g/mol. The van der Waals surface area contributed by atoms with Crippen LogP contribution >= 0.6 is 11.8 Å². The van der Waals surface area contributed by atoms with Crippen LogP contribution in [-0.4, -0.2) is 52.8 Å². The molecule has 120 valence electrons. The Labute approximate surface area is 139 Å². The van der Waals surface area contributed by atoms with Crippen molar-refractivity contribution in [3.63, 3.8) is 0 Å². The van der Waals surface area contributed by atoms with Crippen LogP contribution in [0.15, 0.2) is 53.7 Å². The highest BCUT2D eigenvalue weighted by molar-refractivity contribution is 7.99. The maximum atomic E-state index is 12.3. The summed E-state index contributed by atoms with van der Waals surface area (Å²) in [5.74, 6) is 0.857. The Kier molecular flexibility index (Phi) is 5.02. The third-order valence-corrected chi connectivity index (χ3v) is 4.76. The van der Waals surface area contributed by atoms with Gasteiger partial charge in [0.15, 0.2) is 0 Å². The first-order valence-corrected chi connectivity index (χ1v) is 8.56. The fraction of sp³-hybridized carbons (Fsp3) is 0.294. The van der Waals surface area contributed by atoms with Crippen LogP contribution < -0.4 is 4.90 Å². The van der Waals surface area contributed by atoms with Crippen LogP contribution in [0.5, 0.6) is 5.75 Å². The van der Waals surface area contributed by atoms with Crippen LogP contribution in [0, 0.1) is 0 Å². The van der Waals surface area contributed by atoms with Crippen molar-refractivity contribution in [2.75, 3.05) is 36.8 Å². The smallest absolute Gasteiger partial charge is 0.233 e. The number of aromatic hydroxyl groups is 1. The first kappa shape index (κ1) is 15.7. The normalized spacial score (nSPS) is 14.8. The summed E-state index contributed by atoms with van der Waals surface area (Å²) >= 11 is 1.48. The Morgan fingerprint density at radius 3 is 2.48 bits per heavy atom. The minimum Gasteiger partial charge on any atom is -0.508 e. The molecular weight excluding hydrogens is 310 g/mol. The lowest BCUT2D eigenvalue weighted by Gasteiger charge is -2.36. The summed E-state index contributed by atoms with van der Waals surface area (Å²) in [7, 11) is 0. The lowest BCUT2D eigenvalue weighted by atomic mass is 10.2. The molecule has 23 heavy (non-hydrogen) atoms. The second-order valence-corrected chi connectivity index (χ2v) is 6.34. The number of aromatic nitrogens is 1. The maximum Gasteiger partial charge on any atom is 0.233 e. The van der Waals surface area contributed by atoms with Crippen molar-refractivity contribution in [2.24, 2.45) is 0 Å². The molecule has 0 unspecified atom stereocenters. The maximum absolute atomic E-state index is 12.3. The standard InChI is InChI=1S/C17H19N3O2S/c21-15-6-4-14(5-7-15)19-9-11-20(12-10-19)17(22)13-23-16-3-1-2-8-18-16/h1-8,21H,9-13H2. The number of amides is 1. The van der Waals surface area contributed by atoms with E-state index in [2.05, 4.69) is 9.88 Å². The lowest BCUT2D eigenvalue weighted by molar-refractivity contribution is -0.128. The summed E-state index contributed by atoms with van der Waals surface area (Å²) in [6.07, 6.45) is 1.74. The summed E-state index contributed by atoms with van der Waals surface area (Å²) in [5.41, 5.74) is 1.08. The van der Waals surface area contributed by atoms with Crippen LogP contribution in [-0.2, 0) is 4.79 Å². The molecule has 0 bridgehead atoms. The summed E-state index contributed by atoms with van der Waals surface area (Å²) in [5, 5.41) is 10.2. The third-order valence-electron chi connectivity index (χ3n) is 3.83. The minimum atomic E-state index is 0.158. The predicted octanol–water partition coefficient (Wildman–Crippen LogP) is 2.23. The molecule has 0 radical (unpaired) electrons. The van der Waals surface area contributed by atoms with Gasteiger partial charge in [0.25, 0.3) is 0 Å². The number of piperazine rings is 1. The molecule has 5 nitrogen and oxygen atoms in total. The SMILES string of the molecule is O=C(CSc1ccccn1)N1CCN(c2ccc(O)cc2)CC1. The monoisotopic (exact) mass is 329 g/mol. The number of rotatable bonds is 4. The summed E-state index contributed by atoms with van der Waals surface area (Å²) in [6.45, 7) is 3.07. The fourth-order valence-electron chi connectivity index (χ4n) is 2.54. The predicted molar refractivity (Wildman–Crippen MR) is 91.9 cm³/mol. The number of hydrogen-bond donors (Lipinski definition) is 1. The van der Waals surface area contributed by atoms with Gasteiger partial charge in [-0.3, -0.25) is 4.79 Å². The van der Waals surface area contributed by atoms with Gasteiger partial charge >= 0.3 is 0 Å². The number of phenolic OH excluding ortho intramolecular Hbond substituents is 1. The molecule has 1 aromatic carbocycles. The van der Waals surface area contributed by atoms with Gasteiger partial charge in [-0.2, -0.15) is 0 Å². The van der Waals surface area contributed by atoms with Crippen molar-refractivity contribution >= 4 is 23.4 Å². The molecule has 0 saturated carbocycles. The largest absolute Gasteiger partial charge is 0.508 e. The van der Waals surface area contributed by atoms with E-state index < -0.39 is 0 Å². The Bertz CT molecular complexity index is 641. The highest BCUT2D eigenvalue weighted by Gasteiger charge is 2.21. The minimum absolute atomic E-state index is 0.158. The molecule has 0 atom stereocenters. The number of carbonyl (C=O) groups excluding carboxylic acids is 1. The number of pyridine rings is 1. The molecule has 1 fully saturated rings. The van der Waals surface area contributed by atoms with Crippen molar-refractivity contribution in [2.45, 2.75) is 5.03 Å². The van der Waals surface area contributed by atoms with Gasteiger partial charge in [-0.1, -0.05) is 17.8 Å². The molecule has 0 spiro atoms. The molecule has 6 heteroatoms. The van der Waals surface area contributed by atoms with E-state index in [1.54, 1.807) is 18.3 Å². The van der Waals surface area contributed by atoms with Gasteiger partial charge in [0.2, 0.25) is 5.91 Å². The van der Waals surface area contributed by atoms with Gasteiger partial charge in [-0.25, -0.2) is 4.98 Å². The van der Waals surface area contributed by atoms with E-state index in [0.717, 1.165) is 36.9 Å². The molecule has 2 aromatic rings. The van der Waals surface area contributed by atoms with Crippen LogP contribution in [0.3, 0.4) is 0 Å². The van der Waals surface area contributed by atoms with E-state index in [1.807, 2.05) is 35.2 Å². The molecule has 1 amide bonds. The summed E-state index contributed by atoms with van der Waals surface area (Å²) < 4.78 is 0. The van der Waals surface area contributed by atoms with Gasteiger partial charge < -0.3 is 14.9 Å². The van der Waals surface area contributed by atoms with Gasteiger partial charge in [0, 0.05) is 38.1 Å². The van der Waals surface area contributed by atoms with Gasteiger partial charge in [-0.05, 0) is 36.4 Å². The Balaban J connectivity index is 1.48. The summed E-state index contributed by atoms with van der Waals surface area (Å²) in [4.78, 5) is 20.6. The van der Waals surface area contributed by atoms with E-state index in [4.69, 9.17) is 0 Å². The number of anilines is 1. The average Bonchev–Trinajstić information content (AvgIpc) is 2.61. The Morgan fingerprint density at radius 2 is 1.83 bits per heavy atom. The van der Waals surface area contributed by atoms with Gasteiger partial charge in [0.1, 0.15) is 5.75 Å². The fourth-order valence-corrected chi connectivity index (χ4v) is 3.30. The van der Waals surface area contributed by atoms with Crippen LogP contribution in [0.1, 0.15) is 0 Å². The first-order chi connectivity index (χ1) is 11.2. The molecule has 1 aliphatic heterocycles. The highest BCUT2D eigenvalue weighted by atomic mass is 32.2. The third kappa shape index (κ3) is 4.16. The number of carbonyl (C=O) groups is 1. The summed E-state index contributed by atoms with van der Waals surface area (Å²) in [6, 6.07) is 12.9. The van der Waals surface area contributed by atoms with Crippen molar-refractivity contribution in [3.05, 3.63) is 48.7 Å². The van der Waals surface area contributed by atoms with E-state index in [-0.39, 0.29) is 11.7 Å². The molecule has 3 rings (SSSR count). The molecule has 1 saturated heterocycles. The topological polar surface area (TPSA) is 56.7 Å². The molecular formula is C17H19N3O2S. The van der Waals surface area contributed by atoms with Crippen LogP contribution in [0.4, 0.5) is 5.69 Å². The lowest BCUT2D eigenvalue weighted by Crippen LogP contribution is -2.49. The van der Waals surface area contributed by atoms with Crippen LogP contribution in [0.25, 0.3) is 0 Å².